The van der Waals surface area contributed by atoms with Gasteiger partial charge in [-0.25, -0.2) is 5.26 Å². The fourth-order valence-electron chi connectivity index (χ4n) is 2.38. The molecule has 1 fully saturated rings. The van der Waals surface area contributed by atoms with Gasteiger partial charge in [-0.2, -0.15) is 19.2 Å². The molecular weight excluding hydrogens is 367 g/mol. The van der Waals surface area contributed by atoms with Gasteiger partial charge in [0, 0.05) is 65.0 Å². The molecule has 8 heteroatoms. The van der Waals surface area contributed by atoms with Crippen LogP contribution >= 0.6 is 0 Å². The molecule has 0 spiro atoms. The number of nitriles is 1. The zero-order chi connectivity index (χ0) is 15.5. The second kappa shape index (κ2) is 8.33. The summed E-state index contributed by atoms with van der Waals surface area (Å²) in [6.45, 7) is 3.55. The number of hydrogen-bond acceptors (Lipinski definition) is 3. The Balaban J connectivity index is 0.00000242. The molecule has 1 aromatic carbocycles. The number of benzene rings is 1. The maximum absolute atomic E-state index is 12.9. The van der Waals surface area contributed by atoms with E-state index in [1.54, 1.807) is 6.07 Å². The van der Waals surface area contributed by atoms with E-state index >= 15 is 0 Å². The summed E-state index contributed by atoms with van der Waals surface area (Å²) in [6, 6.07) is 6.65. The van der Waals surface area contributed by atoms with Gasteiger partial charge in [-0.3, -0.25) is 0 Å². The summed E-state index contributed by atoms with van der Waals surface area (Å²) < 4.78 is 38.8. The van der Waals surface area contributed by atoms with Gasteiger partial charge in [-0.15, -0.1) is 12.1 Å². The van der Waals surface area contributed by atoms with E-state index in [1.165, 1.54) is 12.1 Å². The summed E-state index contributed by atoms with van der Waals surface area (Å²) >= 11 is 0. The second-order valence-electron chi connectivity index (χ2n) is 4.86. The first-order chi connectivity index (χ1) is 9.95. The Morgan fingerprint density at radius 2 is 1.86 bits per heavy atom. The molecule has 22 heavy (non-hydrogen) atoms. The van der Waals surface area contributed by atoms with Crippen molar-refractivity contribution >= 4 is 13.5 Å². The standard InChI is InChI=1S/C14H14BF3N3.Y/c15-3-4-20-5-7-21(8-6-20)12-2-1-11(10-19)13(9-12)14(16,17)18;/h1-2H,3-8H2;/q-1;. The zero-order valence-electron chi connectivity index (χ0n) is 12.0. The molecule has 1 saturated heterocycles. The summed E-state index contributed by atoms with van der Waals surface area (Å²) in [7, 11) is 5.49. The third kappa shape index (κ3) is 4.71. The second-order valence-corrected chi connectivity index (χ2v) is 4.86. The third-order valence-electron chi connectivity index (χ3n) is 3.49. The Morgan fingerprint density at radius 3 is 2.36 bits per heavy atom. The van der Waals surface area contributed by atoms with Crippen molar-refractivity contribution in [2.24, 2.45) is 0 Å². The molecule has 0 unspecified atom stereocenters. The van der Waals surface area contributed by atoms with Crippen molar-refractivity contribution in [3.05, 3.63) is 29.3 Å². The fraction of sp³-hybridized carbons (Fsp3) is 0.500. The molecule has 1 aliphatic heterocycles. The maximum atomic E-state index is 12.9. The van der Waals surface area contributed by atoms with Crippen LogP contribution < -0.4 is 4.90 Å². The SMILES string of the molecule is [B]CCN1CCN(c2[c-]c(C(F)(F)F)c(C#N)cc2)CC1.[Y]. The fourth-order valence-corrected chi connectivity index (χ4v) is 2.38. The van der Waals surface area contributed by atoms with Gasteiger partial charge < -0.3 is 9.80 Å². The Bertz CT molecular complexity index is 537. The number of nitrogens with zero attached hydrogens (tertiary/aromatic N) is 3. The van der Waals surface area contributed by atoms with Crippen LogP contribution in [0.1, 0.15) is 11.1 Å². The number of alkyl halides is 3. The van der Waals surface area contributed by atoms with Gasteiger partial charge in [0.1, 0.15) is 0 Å². The molecule has 3 radical (unpaired) electrons. The Kier molecular flexibility index (Phi) is 7.37. The van der Waals surface area contributed by atoms with Crippen molar-refractivity contribution in [1.82, 2.24) is 4.90 Å². The van der Waals surface area contributed by atoms with Crippen molar-refractivity contribution in [3.8, 4) is 6.07 Å². The molecule has 0 bridgehead atoms. The molecule has 113 valence electrons. The van der Waals surface area contributed by atoms with E-state index in [4.69, 9.17) is 13.1 Å². The molecule has 1 aromatic rings. The number of piperazine rings is 1. The predicted octanol–water partition coefficient (Wildman–Crippen LogP) is 2.08. The van der Waals surface area contributed by atoms with Gasteiger partial charge in [0.15, 0.2) is 0 Å². The smallest absolute Gasteiger partial charge is 0.391 e. The van der Waals surface area contributed by atoms with Crippen molar-refractivity contribution < 1.29 is 45.9 Å². The van der Waals surface area contributed by atoms with Crippen LogP contribution in [0, 0.1) is 17.4 Å². The number of rotatable bonds is 3. The Labute approximate surface area is 154 Å². The van der Waals surface area contributed by atoms with Crippen LogP contribution in [0.2, 0.25) is 6.32 Å². The quantitative estimate of drug-likeness (QED) is 0.594. The Morgan fingerprint density at radius 1 is 1.23 bits per heavy atom. The van der Waals surface area contributed by atoms with Gasteiger partial charge in [0.25, 0.3) is 0 Å². The van der Waals surface area contributed by atoms with Crippen LogP contribution in [-0.4, -0.2) is 45.5 Å². The van der Waals surface area contributed by atoms with Gasteiger partial charge in [-0.1, -0.05) is 12.0 Å². The van der Waals surface area contributed by atoms with Crippen LogP contribution in [0.5, 0.6) is 0 Å². The molecule has 1 heterocycles. The first-order valence-electron chi connectivity index (χ1n) is 6.66. The van der Waals surface area contributed by atoms with Crippen molar-refractivity contribution in [2.75, 3.05) is 37.6 Å². The van der Waals surface area contributed by atoms with Gasteiger partial charge in [0.2, 0.25) is 0 Å². The molecule has 1 aliphatic rings. The zero-order valence-corrected chi connectivity index (χ0v) is 14.9. The van der Waals surface area contributed by atoms with Crippen molar-refractivity contribution in [2.45, 2.75) is 12.5 Å². The van der Waals surface area contributed by atoms with Gasteiger partial charge in [0.05, 0.1) is 7.85 Å². The largest absolute Gasteiger partial charge is 0.395 e. The summed E-state index contributed by atoms with van der Waals surface area (Å²) in [6.07, 6.45) is -4.00. The summed E-state index contributed by atoms with van der Waals surface area (Å²) in [5.41, 5.74) is -1.01. The molecule has 0 aliphatic carbocycles. The van der Waals surface area contributed by atoms with Gasteiger partial charge >= 0.3 is 6.18 Å². The van der Waals surface area contributed by atoms with Crippen LogP contribution in [0.15, 0.2) is 12.1 Å². The summed E-state index contributed by atoms with van der Waals surface area (Å²) in [4.78, 5) is 4.02. The minimum Gasteiger partial charge on any atom is -0.391 e. The topological polar surface area (TPSA) is 30.3 Å². The molecule has 0 N–H and O–H groups in total. The van der Waals surface area contributed by atoms with Crippen molar-refractivity contribution in [1.29, 1.82) is 5.26 Å². The molecule has 0 saturated carbocycles. The van der Waals surface area contributed by atoms with E-state index in [9.17, 15) is 13.2 Å². The van der Waals surface area contributed by atoms with Gasteiger partial charge in [-0.05, 0) is 17.7 Å². The average Bonchev–Trinajstić information content (AvgIpc) is 2.47. The minimum absolute atomic E-state index is 0. The first kappa shape index (κ1) is 19.5. The average molecular weight is 381 g/mol. The van der Waals surface area contributed by atoms with E-state index in [0.29, 0.717) is 25.1 Å². The number of halogens is 3. The molecular formula is C14H14BF3N3Y-. The van der Waals surface area contributed by atoms with E-state index < -0.39 is 17.3 Å². The maximum Gasteiger partial charge on any atom is 0.395 e. The van der Waals surface area contributed by atoms with Crippen LogP contribution in [-0.2, 0) is 38.9 Å². The normalized spacial score (nSPS) is 16.0. The number of hydrogen-bond donors (Lipinski definition) is 0. The monoisotopic (exact) mass is 381 g/mol. The molecule has 0 aromatic heterocycles. The van der Waals surface area contributed by atoms with E-state index in [2.05, 4.69) is 11.0 Å². The third-order valence-corrected chi connectivity index (χ3v) is 3.49. The first-order valence-corrected chi connectivity index (χ1v) is 6.66. The van der Waals surface area contributed by atoms with Crippen LogP contribution in [0.25, 0.3) is 0 Å². The molecule has 0 atom stereocenters. The minimum atomic E-state index is -4.57. The molecule has 3 nitrogen and oxygen atoms in total. The number of anilines is 1. The predicted molar refractivity (Wildman–Crippen MR) is 74.2 cm³/mol. The van der Waals surface area contributed by atoms with Crippen molar-refractivity contribution in [3.63, 3.8) is 0 Å². The van der Waals surface area contributed by atoms with Crippen LogP contribution in [0.4, 0.5) is 18.9 Å². The Hall–Kier alpha value is -0.571. The summed E-state index contributed by atoms with van der Waals surface area (Å²) in [5, 5.41) is 8.77. The van der Waals surface area contributed by atoms with Crippen LogP contribution in [0.3, 0.4) is 0 Å². The van der Waals surface area contributed by atoms with E-state index in [0.717, 1.165) is 19.6 Å². The molecule has 0 amide bonds. The van der Waals surface area contributed by atoms with E-state index in [1.807, 2.05) is 4.90 Å². The van der Waals surface area contributed by atoms with E-state index in [-0.39, 0.29) is 32.7 Å². The summed E-state index contributed by atoms with van der Waals surface area (Å²) in [5.74, 6) is 0. The molecule has 2 rings (SSSR count).